The highest BCUT2D eigenvalue weighted by Crippen LogP contribution is 2.34. The number of hydrogen-bond donors (Lipinski definition) is 1. The SMILES string of the molecule is CCCC1CCCC(O)(Cc2csc(C)n2)CC1. The summed E-state index contributed by atoms with van der Waals surface area (Å²) in [6, 6.07) is 0. The molecule has 1 aromatic heterocycles. The Kier molecular flexibility index (Phi) is 4.79. The fourth-order valence-electron chi connectivity index (χ4n) is 3.16. The maximum atomic E-state index is 10.8. The van der Waals surface area contributed by atoms with Crippen molar-refractivity contribution in [1.29, 1.82) is 0 Å². The number of aromatic nitrogens is 1. The van der Waals surface area contributed by atoms with Crippen LogP contribution in [0, 0.1) is 12.8 Å². The molecule has 1 heterocycles. The molecule has 2 atom stereocenters. The minimum Gasteiger partial charge on any atom is -0.389 e. The van der Waals surface area contributed by atoms with E-state index >= 15 is 0 Å². The minimum atomic E-state index is -0.497. The van der Waals surface area contributed by atoms with E-state index in [1.165, 1.54) is 32.1 Å². The quantitative estimate of drug-likeness (QED) is 0.833. The number of thiazole rings is 1. The smallest absolute Gasteiger partial charge is 0.0897 e. The second-order valence-corrected chi connectivity index (χ2v) is 6.91. The molecule has 0 saturated heterocycles. The molecule has 1 N–H and O–H groups in total. The van der Waals surface area contributed by atoms with Crippen LogP contribution in [-0.2, 0) is 6.42 Å². The van der Waals surface area contributed by atoms with Crippen LogP contribution in [0.2, 0.25) is 0 Å². The molecule has 2 unspecified atom stereocenters. The van der Waals surface area contributed by atoms with Gasteiger partial charge in [-0.15, -0.1) is 11.3 Å². The van der Waals surface area contributed by atoms with Crippen LogP contribution in [0.1, 0.15) is 62.6 Å². The first kappa shape index (κ1) is 14.0. The molecule has 0 aromatic carbocycles. The summed E-state index contributed by atoms with van der Waals surface area (Å²) >= 11 is 1.68. The van der Waals surface area contributed by atoms with Crippen LogP contribution < -0.4 is 0 Å². The molecule has 1 aromatic rings. The number of aliphatic hydroxyl groups is 1. The lowest BCUT2D eigenvalue weighted by atomic mass is 9.88. The zero-order valence-electron chi connectivity index (χ0n) is 11.6. The molecule has 18 heavy (non-hydrogen) atoms. The van der Waals surface area contributed by atoms with Gasteiger partial charge in [-0.05, 0) is 32.1 Å². The van der Waals surface area contributed by atoms with Crippen LogP contribution in [-0.4, -0.2) is 15.7 Å². The third-order valence-electron chi connectivity index (χ3n) is 4.15. The molecule has 0 spiro atoms. The highest BCUT2D eigenvalue weighted by Gasteiger charge is 2.31. The van der Waals surface area contributed by atoms with Crippen molar-refractivity contribution < 1.29 is 5.11 Å². The second-order valence-electron chi connectivity index (χ2n) is 5.84. The van der Waals surface area contributed by atoms with Crippen LogP contribution in [0.25, 0.3) is 0 Å². The topological polar surface area (TPSA) is 33.1 Å². The first-order valence-corrected chi connectivity index (χ1v) is 8.13. The molecule has 0 radical (unpaired) electrons. The molecule has 2 rings (SSSR count). The lowest BCUT2D eigenvalue weighted by Gasteiger charge is -2.26. The standard InChI is InChI=1S/C15H25NOS/c1-3-5-13-6-4-8-15(17,9-7-13)10-14-11-18-12(2)16-14/h11,13,17H,3-10H2,1-2H3. The minimum absolute atomic E-state index is 0.497. The summed E-state index contributed by atoms with van der Waals surface area (Å²) < 4.78 is 0. The van der Waals surface area contributed by atoms with Crippen LogP contribution in [0.15, 0.2) is 5.38 Å². The predicted octanol–water partition coefficient (Wildman–Crippen LogP) is 4.11. The van der Waals surface area contributed by atoms with Gasteiger partial charge in [-0.1, -0.05) is 32.6 Å². The van der Waals surface area contributed by atoms with Crippen molar-refractivity contribution >= 4 is 11.3 Å². The largest absolute Gasteiger partial charge is 0.389 e. The first-order chi connectivity index (χ1) is 8.61. The Morgan fingerprint density at radius 2 is 2.28 bits per heavy atom. The summed E-state index contributed by atoms with van der Waals surface area (Å²) in [6.45, 7) is 4.29. The van der Waals surface area contributed by atoms with Crippen LogP contribution in [0.3, 0.4) is 0 Å². The molecular formula is C15H25NOS. The van der Waals surface area contributed by atoms with E-state index in [0.29, 0.717) is 0 Å². The molecule has 2 nitrogen and oxygen atoms in total. The van der Waals surface area contributed by atoms with E-state index in [4.69, 9.17) is 0 Å². The van der Waals surface area contributed by atoms with E-state index in [-0.39, 0.29) is 0 Å². The number of aryl methyl sites for hydroxylation is 1. The molecule has 1 fully saturated rings. The van der Waals surface area contributed by atoms with Crippen LogP contribution in [0.4, 0.5) is 0 Å². The fourth-order valence-corrected chi connectivity index (χ4v) is 3.77. The maximum Gasteiger partial charge on any atom is 0.0897 e. The van der Waals surface area contributed by atoms with Gasteiger partial charge in [0.05, 0.1) is 16.3 Å². The summed E-state index contributed by atoms with van der Waals surface area (Å²) in [7, 11) is 0. The fraction of sp³-hybridized carbons (Fsp3) is 0.800. The number of hydrogen-bond acceptors (Lipinski definition) is 3. The Hall–Kier alpha value is -0.410. The Bertz CT molecular complexity index is 376. The number of nitrogens with zero attached hydrogens (tertiary/aromatic N) is 1. The van der Waals surface area contributed by atoms with Crippen molar-refractivity contribution in [2.75, 3.05) is 0 Å². The molecular weight excluding hydrogens is 242 g/mol. The van der Waals surface area contributed by atoms with E-state index < -0.39 is 5.60 Å². The van der Waals surface area contributed by atoms with Gasteiger partial charge in [-0.2, -0.15) is 0 Å². The van der Waals surface area contributed by atoms with Gasteiger partial charge in [0.1, 0.15) is 0 Å². The lowest BCUT2D eigenvalue weighted by Crippen LogP contribution is -2.30. The van der Waals surface area contributed by atoms with Gasteiger partial charge in [0.15, 0.2) is 0 Å². The summed E-state index contributed by atoms with van der Waals surface area (Å²) in [5, 5.41) is 14.0. The average molecular weight is 267 g/mol. The molecule has 0 amide bonds. The van der Waals surface area contributed by atoms with E-state index in [0.717, 1.165) is 35.9 Å². The molecule has 0 aliphatic heterocycles. The molecule has 1 aliphatic rings. The van der Waals surface area contributed by atoms with Crippen molar-refractivity contribution in [2.45, 2.75) is 70.8 Å². The second kappa shape index (κ2) is 6.16. The Morgan fingerprint density at radius 1 is 1.44 bits per heavy atom. The van der Waals surface area contributed by atoms with Crippen molar-refractivity contribution in [3.05, 3.63) is 16.1 Å². The monoisotopic (exact) mass is 267 g/mol. The average Bonchev–Trinajstić information content (AvgIpc) is 2.62. The van der Waals surface area contributed by atoms with E-state index in [1.807, 2.05) is 6.92 Å². The highest BCUT2D eigenvalue weighted by molar-refractivity contribution is 7.09. The van der Waals surface area contributed by atoms with E-state index in [1.54, 1.807) is 11.3 Å². The zero-order valence-corrected chi connectivity index (χ0v) is 12.4. The first-order valence-electron chi connectivity index (χ1n) is 7.25. The Labute approximate surface area is 114 Å². The van der Waals surface area contributed by atoms with Crippen molar-refractivity contribution in [3.63, 3.8) is 0 Å². The predicted molar refractivity (Wildman–Crippen MR) is 77.0 cm³/mol. The van der Waals surface area contributed by atoms with E-state index in [9.17, 15) is 5.11 Å². The maximum absolute atomic E-state index is 10.8. The zero-order chi connectivity index (χ0) is 13.0. The van der Waals surface area contributed by atoms with Crippen LogP contribution in [0.5, 0.6) is 0 Å². The van der Waals surface area contributed by atoms with Gasteiger partial charge in [0, 0.05) is 11.8 Å². The Balaban J connectivity index is 1.94. The Morgan fingerprint density at radius 3 is 2.94 bits per heavy atom. The molecule has 1 aliphatic carbocycles. The van der Waals surface area contributed by atoms with Gasteiger partial charge < -0.3 is 5.11 Å². The summed E-state index contributed by atoms with van der Waals surface area (Å²) in [6.07, 6.45) is 8.90. The molecule has 0 bridgehead atoms. The van der Waals surface area contributed by atoms with Gasteiger partial charge in [-0.3, -0.25) is 0 Å². The van der Waals surface area contributed by atoms with Gasteiger partial charge in [0.25, 0.3) is 0 Å². The summed E-state index contributed by atoms with van der Waals surface area (Å²) in [5.41, 5.74) is 0.581. The van der Waals surface area contributed by atoms with Gasteiger partial charge >= 0.3 is 0 Å². The van der Waals surface area contributed by atoms with Gasteiger partial charge in [-0.25, -0.2) is 4.98 Å². The lowest BCUT2D eigenvalue weighted by molar-refractivity contribution is 0.0233. The van der Waals surface area contributed by atoms with Gasteiger partial charge in [0.2, 0.25) is 0 Å². The molecule has 1 saturated carbocycles. The van der Waals surface area contributed by atoms with Crippen molar-refractivity contribution in [1.82, 2.24) is 4.98 Å². The summed E-state index contributed by atoms with van der Waals surface area (Å²) in [4.78, 5) is 4.49. The highest BCUT2D eigenvalue weighted by atomic mass is 32.1. The third kappa shape index (κ3) is 3.79. The van der Waals surface area contributed by atoms with Crippen molar-refractivity contribution in [3.8, 4) is 0 Å². The molecule has 102 valence electrons. The normalized spacial score (nSPS) is 29.2. The van der Waals surface area contributed by atoms with E-state index in [2.05, 4.69) is 17.3 Å². The third-order valence-corrected chi connectivity index (χ3v) is 4.97. The summed E-state index contributed by atoms with van der Waals surface area (Å²) in [5.74, 6) is 0.834. The van der Waals surface area contributed by atoms with Crippen LogP contribution >= 0.6 is 11.3 Å². The number of rotatable bonds is 4. The molecule has 3 heteroatoms. The van der Waals surface area contributed by atoms with Crippen molar-refractivity contribution in [2.24, 2.45) is 5.92 Å².